The van der Waals surface area contributed by atoms with Crippen molar-refractivity contribution in [3.63, 3.8) is 0 Å². The number of rotatable bonds is 5. The lowest BCUT2D eigenvalue weighted by Crippen LogP contribution is -2.46. The molecule has 2 aliphatic heterocycles. The van der Waals surface area contributed by atoms with Crippen LogP contribution >= 0.6 is 0 Å². The van der Waals surface area contributed by atoms with E-state index in [0.29, 0.717) is 51.0 Å². The molecule has 4 N–H and O–H groups in total. The van der Waals surface area contributed by atoms with Crippen molar-refractivity contribution in [3.05, 3.63) is 29.3 Å². The molecule has 3 rings (SSSR count). The first-order chi connectivity index (χ1) is 12.4. The Morgan fingerprint density at radius 3 is 2.96 bits per heavy atom. The van der Waals surface area contributed by atoms with Gasteiger partial charge in [0.15, 0.2) is 0 Å². The standard InChI is InChI=1S/C17H24N4O4S/c18-6-8-20-16(22)13-2-1-9-21(11-13)26(24,25)14-4-3-12-5-7-19-17(23)15(12)10-14/h3-4,10,13H,1-2,5-9,11,18H2,(H,19,23)(H,20,22). The number of amides is 2. The van der Waals surface area contributed by atoms with Crippen LogP contribution in [0.15, 0.2) is 23.1 Å². The molecular formula is C17H24N4O4S. The van der Waals surface area contributed by atoms with Gasteiger partial charge in [0.05, 0.1) is 10.8 Å². The molecule has 9 heteroatoms. The molecule has 2 amide bonds. The van der Waals surface area contributed by atoms with E-state index in [4.69, 9.17) is 5.73 Å². The van der Waals surface area contributed by atoms with E-state index < -0.39 is 10.0 Å². The molecule has 142 valence electrons. The van der Waals surface area contributed by atoms with E-state index in [9.17, 15) is 18.0 Å². The second kappa shape index (κ2) is 7.73. The number of benzene rings is 1. The fourth-order valence-electron chi connectivity index (χ4n) is 3.41. The highest BCUT2D eigenvalue weighted by Crippen LogP contribution is 2.26. The number of nitrogens with one attached hydrogen (secondary N) is 2. The summed E-state index contributed by atoms with van der Waals surface area (Å²) >= 11 is 0. The number of hydrogen-bond acceptors (Lipinski definition) is 5. The van der Waals surface area contributed by atoms with E-state index in [-0.39, 0.29) is 29.2 Å². The van der Waals surface area contributed by atoms with Gasteiger partial charge in [0.25, 0.3) is 5.91 Å². The third kappa shape index (κ3) is 3.74. The van der Waals surface area contributed by atoms with Gasteiger partial charge in [-0.2, -0.15) is 4.31 Å². The largest absolute Gasteiger partial charge is 0.355 e. The molecule has 0 saturated carbocycles. The first-order valence-electron chi connectivity index (χ1n) is 8.82. The van der Waals surface area contributed by atoms with Crippen LogP contribution in [0.5, 0.6) is 0 Å². The minimum absolute atomic E-state index is 0.0938. The van der Waals surface area contributed by atoms with Crippen LogP contribution in [-0.2, 0) is 21.2 Å². The molecule has 0 radical (unpaired) electrons. The maximum atomic E-state index is 13.0. The summed E-state index contributed by atoms with van der Waals surface area (Å²) in [5, 5.41) is 5.45. The molecule has 0 spiro atoms. The molecule has 0 aliphatic carbocycles. The summed E-state index contributed by atoms with van der Waals surface area (Å²) in [4.78, 5) is 24.3. The van der Waals surface area contributed by atoms with E-state index >= 15 is 0 Å². The molecule has 2 aliphatic rings. The zero-order chi connectivity index (χ0) is 18.7. The van der Waals surface area contributed by atoms with Crippen LogP contribution in [0.25, 0.3) is 0 Å². The van der Waals surface area contributed by atoms with Crippen LogP contribution in [0, 0.1) is 5.92 Å². The Morgan fingerprint density at radius 1 is 1.38 bits per heavy atom. The molecule has 0 bridgehead atoms. The molecule has 1 aromatic carbocycles. The molecule has 2 heterocycles. The average molecular weight is 380 g/mol. The van der Waals surface area contributed by atoms with Crippen molar-refractivity contribution in [2.45, 2.75) is 24.2 Å². The molecule has 26 heavy (non-hydrogen) atoms. The van der Waals surface area contributed by atoms with Crippen LogP contribution in [0.4, 0.5) is 0 Å². The van der Waals surface area contributed by atoms with Crippen LogP contribution in [0.1, 0.15) is 28.8 Å². The van der Waals surface area contributed by atoms with Crippen molar-refractivity contribution in [3.8, 4) is 0 Å². The van der Waals surface area contributed by atoms with Gasteiger partial charge >= 0.3 is 0 Å². The fourth-order valence-corrected chi connectivity index (χ4v) is 4.97. The molecule has 8 nitrogen and oxygen atoms in total. The van der Waals surface area contributed by atoms with Crippen LogP contribution < -0.4 is 16.4 Å². The van der Waals surface area contributed by atoms with Gasteiger partial charge in [-0.25, -0.2) is 8.42 Å². The van der Waals surface area contributed by atoms with Gasteiger partial charge in [-0.1, -0.05) is 6.07 Å². The number of fused-ring (bicyclic) bond motifs is 1. The maximum Gasteiger partial charge on any atom is 0.251 e. The highest BCUT2D eigenvalue weighted by atomic mass is 32.2. The smallest absolute Gasteiger partial charge is 0.251 e. The zero-order valence-electron chi connectivity index (χ0n) is 14.5. The van der Waals surface area contributed by atoms with Crippen molar-refractivity contribution in [1.29, 1.82) is 0 Å². The summed E-state index contributed by atoms with van der Waals surface area (Å²) < 4.78 is 27.3. The van der Waals surface area contributed by atoms with Crippen LogP contribution in [0.3, 0.4) is 0 Å². The van der Waals surface area contributed by atoms with Crippen LogP contribution in [0.2, 0.25) is 0 Å². The minimum Gasteiger partial charge on any atom is -0.355 e. The van der Waals surface area contributed by atoms with Crippen molar-refractivity contribution < 1.29 is 18.0 Å². The SMILES string of the molecule is NCCNC(=O)C1CCCN(S(=O)(=O)c2ccc3c(c2)C(=O)NCC3)C1. The van der Waals surface area contributed by atoms with Gasteiger partial charge in [-0.3, -0.25) is 9.59 Å². The highest BCUT2D eigenvalue weighted by Gasteiger charge is 2.34. The lowest BCUT2D eigenvalue weighted by Gasteiger charge is -2.31. The second-order valence-electron chi connectivity index (χ2n) is 6.61. The fraction of sp³-hybridized carbons (Fsp3) is 0.529. The Hall–Kier alpha value is -1.97. The summed E-state index contributed by atoms with van der Waals surface area (Å²) in [6, 6.07) is 4.69. The van der Waals surface area contributed by atoms with Gasteiger partial charge in [0, 0.05) is 38.3 Å². The third-order valence-electron chi connectivity index (χ3n) is 4.84. The summed E-state index contributed by atoms with van der Waals surface area (Å²) in [6.07, 6.45) is 1.95. The molecule has 1 aromatic rings. The van der Waals surface area contributed by atoms with Gasteiger partial charge in [0.1, 0.15) is 0 Å². The van der Waals surface area contributed by atoms with Gasteiger partial charge in [-0.05, 0) is 37.0 Å². The number of carbonyl (C=O) groups is 2. The normalized spacial score (nSPS) is 21.0. The average Bonchev–Trinajstić information content (AvgIpc) is 2.66. The minimum atomic E-state index is -3.76. The molecule has 1 unspecified atom stereocenters. The van der Waals surface area contributed by atoms with E-state index in [2.05, 4.69) is 10.6 Å². The Labute approximate surface area is 153 Å². The van der Waals surface area contributed by atoms with Gasteiger partial charge < -0.3 is 16.4 Å². The number of sulfonamides is 1. The molecule has 1 fully saturated rings. The predicted octanol–water partition coefficient (Wildman–Crippen LogP) is -0.552. The van der Waals surface area contributed by atoms with Crippen molar-refractivity contribution >= 4 is 21.8 Å². The number of piperidine rings is 1. The lowest BCUT2D eigenvalue weighted by molar-refractivity contribution is -0.126. The summed E-state index contributed by atoms with van der Waals surface area (Å²) in [5.74, 6) is -0.799. The maximum absolute atomic E-state index is 13.0. The Bertz CT molecular complexity index is 809. The van der Waals surface area contributed by atoms with Gasteiger partial charge in [0.2, 0.25) is 15.9 Å². The quantitative estimate of drug-likeness (QED) is 0.633. The summed E-state index contributed by atoms with van der Waals surface area (Å²) in [6.45, 7) is 1.79. The Kier molecular flexibility index (Phi) is 5.59. The monoisotopic (exact) mass is 380 g/mol. The van der Waals surface area contributed by atoms with Gasteiger partial charge in [-0.15, -0.1) is 0 Å². The molecule has 1 atom stereocenters. The molecule has 0 aromatic heterocycles. The molecular weight excluding hydrogens is 356 g/mol. The lowest BCUT2D eigenvalue weighted by atomic mass is 9.99. The first kappa shape index (κ1) is 18.8. The van der Waals surface area contributed by atoms with E-state index in [1.54, 1.807) is 12.1 Å². The first-order valence-corrected chi connectivity index (χ1v) is 10.3. The van der Waals surface area contributed by atoms with Crippen molar-refractivity contribution in [1.82, 2.24) is 14.9 Å². The van der Waals surface area contributed by atoms with E-state index in [1.165, 1.54) is 10.4 Å². The predicted molar refractivity (Wildman–Crippen MR) is 96.0 cm³/mol. The number of hydrogen-bond donors (Lipinski definition) is 3. The number of nitrogens with two attached hydrogens (primary N) is 1. The molecule has 1 saturated heterocycles. The number of carbonyl (C=O) groups excluding carboxylic acids is 2. The number of nitrogens with zero attached hydrogens (tertiary/aromatic N) is 1. The summed E-state index contributed by atoms with van der Waals surface area (Å²) in [5.41, 5.74) is 6.65. The highest BCUT2D eigenvalue weighted by molar-refractivity contribution is 7.89. The zero-order valence-corrected chi connectivity index (χ0v) is 15.3. The Morgan fingerprint density at radius 2 is 2.19 bits per heavy atom. The van der Waals surface area contributed by atoms with Crippen LogP contribution in [-0.4, -0.2) is 57.3 Å². The Balaban J connectivity index is 1.80. The second-order valence-corrected chi connectivity index (χ2v) is 8.54. The summed E-state index contributed by atoms with van der Waals surface area (Å²) in [7, 11) is -3.76. The topological polar surface area (TPSA) is 122 Å². The van der Waals surface area contributed by atoms with E-state index in [0.717, 1.165) is 5.56 Å². The van der Waals surface area contributed by atoms with E-state index in [1.807, 2.05) is 0 Å². The van der Waals surface area contributed by atoms with Crippen molar-refractivity contribution in [2.24, 2.45) is 11.7 Å². The van der Waals surface area contributed by atoms with Crippen molar-refractivity contribution in [2.75, 3.05) is 32.7 Å². The third-order valence-corrected chi connectivity index (χ3v) is 6.70.